The predicted molar refractivity (Wildman–Crippen MR) is 122 cm³/mol. The number of amides is 2. The Morgan fingerprint density at radius 1 is 1.12 bits per heavy atom. The average Bonchev–Trinajstić information content (AvgIpc) is 3.27. The fraction of sp³-hybridized carbons (Fsp3) is 0.304. The molecule has 1 atom stereocenters. The monoisotopic (exact) mass is 467 g/mol. The number of fused-ring (bicyclic) bond motifs is 1. The summed E-state index contributed by atoms with van der Waals surface area (Å²) >= 11 is 0. The Morgan fingerprint density at radius 3 is 2.53 bits per heavy atom. The first-order valence-electron chi connectivity index (χ1n) is 10.7. The lowest BCUT2D eigenvalue weighted by Gasteiger charge is -2.35. The standard InChI is InChI=1S/C23H25N5O6/c24-23(25)14-1-4-16(5-2-14)27-7-8-28(21(30)12-27)11-20(29)26-17(10-22(31)32)15-3-6-18-19(9-15)34-13-33-18/h1-6,9,17H,7-8,10-13H2,(H3,24,25)(H,26,29)(H,31,32). The van der Waals surface area contributed by atoms with Crippen LogP contribution < -0.4 is 25.4 Å². The predicted octanol–water partition coefficient (Wildman–Crippen LogP) is 0.680. The van der Waals surface area contributed by atoms with Gasteiger partial charge in [-0.2, -0.15) is 0 Å². The van der Waals surface area contributed by atoms with E-state index in [1.54, 1.807) is 42.5 Å². The zero-order valence-electron chi connectivity index (χ0n) is 18.3. The second-order valence-electron chi connectivity index (χ2n) is 8.03. The van der Waals surface area contributed by atoms with E-state index < -0.39 is 17.9 Å². The average molecular weight is 467 g/mol. The van der Waals surface area contributed by atoms with E-state index in [1.165, 1.54) is 4.90 Å². The molecule has 0 saturated carbocycles. The van der Waals surface area contributed by atoms with Crippen LogP contribution in [0.25, 0.3) is 0 Å². The summed E-state index contributed by atoms with van der Waals surface area (Å²) in [6.07, 6.45) is -0.316. The van der Waals surface area contributed by atoms with Gasteiger partial charge >= 0.3 is 5.97 Å². The maximum absolute atomic E-state index is 12.7. The minimum atomic E-state index is -1.07. The number of carbonyl (C=O) groups excluding carboxylic acids is 2. The third-order valence-corrected chi connectivity index (χ3v) is 5.71. The minimum absolute atomic E-state index is 0.0274. The van der Waals surface area contributed by atoms with E-state index in [0.29, 0.717) is 35.7 Å². The topological polar surface area (TPSA) is 158 Å². The first-order chi connectivity index (χ1) is 16.3. The maximum Gasteiger partial charge on any atom is 0.305 e. The number of hydrogen-bond acceptors (Lipinski definition) is 7. The van der Waals surface area contributed by atoms with Crippen molar-refractivity contribution < 1.29 is 29.0 Å². The molecule has 2 aromatic carbocycles. The Balaban J connectivity index is 1.36. The number of nitrogens with two attached hydrogens (primary N) is 1. The highest BCUT2D eigenvalue weighted by molar-refractivity contribution is 5.95. The molecule has 5 N–H and O–H groups in total. The quantitative estimate of drug-likeness (QED) is 0.326. The third kappa shape index (κ3) is 5.20. The molecule has 178 valence electrons. The molecule has 0 spiro atoms. The fourth-order valence-corrected chi connectivity index (χ4v) is 3.92. The minimum Gasteiger partial charge on any atom is -0.481 e. The molecule has 1 fully saturated rings. The Kier molecular flexibility index (Phi) is 6.53. The number of benzene rings is 2. The van der Waals surface area contributed by atoms with Gasteiger partial charge in [-0.25, -0.2) is 0 Å². The number of carboxylic acids is 1. The van der Waals surface area contributed by atoms with Crippen molar-refractivity contribution in [2.45, 2.75) is 12.5 Å². The van der Waals surface area contributed by atoms with Crippen LogP contribution in [-0.4, -0.2) is 66.6 Å². The third-order valence-electron chi connectivity index (χ3n) is 5.71. The van der Waals surface area contributed by atoms with E-state index in [1.807, 2.05) is 4.90 Å². The van der Waals surface area contributed by atoms with Crippen LogP contribution in [0.1, 0.15) is 23.6 Å². The summed E-state index contributed by atoms with van der Waals surface area (Å²) in [5.41, 5.74) is 7.48. The van der Waals surface area contributed by atoms with Gasteiger partial charge in [0, 0.05) is 24.3 Å². The van der Waals surface area contributed by atoms with E-state index >= 15 is 0 Å². The van der Waals surface area contributed by atoms with Gasteiger partial charge in [0.15, 0.2) is 11.5 Å². The van der Waals surface area contributed by atoms with Crippen molar-refractivity contribution in [2.75, 3.05) is 37.9 Å². The Hall–Kier alpha value is -4.28. The lowest BCUT2D eigenvalue weighted by molar-refractivity contribution is -0.139. The van der Waals surface area contributed by atoms with Crippen molar-refractivity contribution in [3.05, 3.63) is 53.6 Å². The summed E-state index contributed by atoms with van der Waals surface area (Å²) in [6, 6.07) is 11.3. The van der Waals surface area contributed by atoms with Crippen LogP contribution in [-0.2, 0) is 14.4 Å². The number of carbonyl (C=O) groups is 3. The summed E-state index contributed by atoms with van der Waals surface area (Å²) in [5, 5.41) is 19.5. The number of nitrogen functional groups attached to an aromatic ring is 1. The zero-order chi connectivity index (χ0) is 24.2. The number of aliphatic carboxylic acids is 1. The van der Waals surface area contributed by atoms with Gasteiger partial charge in [0.05, 0.1) is 25.6 Å². The molecule has 0 aliphatic carbocycles. The number of carboxylic acid groups (broad SMARTS) is 1. The van der Waals surface area contributed by atoms with Crippen LogP contribution in [0.2, 0.25) is 0 Å². The van der Waals surface area contributed by atoms with Crippen LogP contribution in [0.3, 0.4) is 0 Å². The molecular formula is C23H25N5O6. The molecule has 2 aromatic rings. The summed E-state index contributed by atoms with van der Waals surface area (Å²) < 4.78 is 10.6. The smallest absolute Gasteiger partial charge is 0.305 e. The lowest BCUT2D eigenvalue weighted by atomic mass is 10.0. The number of anilines is 1. The van der Waals surface area contributed by atoms with E-state index in [4.69, 9.17) is 20.6 Å². The molecule has 2 aliphatic rings. The molecule has 4 rings (SSSR count). The molecule has 1 saturated heterocycles. The number of rotatable bonds is 8. The molecule has 2 heterocycles. The second kappa shape index (κ2) is 9.69. The molecule has 2 aliphatic heterocycles. The summed E-state index contributed by atoms with van der Waals surface area (Å²) in [6.45, 7) is 0.890. The molecule has 0 bridgehead atoms. The van der Waals surface area contributed by atoms with E-state index in [2.05, 4.69) is 5.32 Å². The molecule has 34 heavy (non-hydrogen) atoms. The fourth-order valence-electron chi connectivity index (χ4n) is 3.92. The van der Waals surface area contributed by atoms with Crippen molar-refractivity contribution in [3.8, 4) is 11.5 Å². The molecule has 11 heteroatoms. The van der Waals surface area contributed by atoms with Crippen molar-refractivity contribution in [1.29, 1.82) is 5.41 Å². The van der Waals surface area contributed by atoms with Crippen molar-refractivity contribution >= 4 is 29.3 Å². The van der Waals surface area contributed by atoms with E-state index in [9.17, 15) is 19.5 Å². The largest absolute Gasteiger partial charge is 0.481 e. The molecular weight excluding hydrogens is 442 g/mol. The summed E-state index contributed by atoms with van der Waals surface area (Å²) in [7, 11) is 0. The van der Waals surface area contributed by atoms with E-state index in [0.717, 1.165) is 5.69 Å². The van der Waals surface area contributed by atoms with Crippen LogP contribution >= 0.6 is 0 Å². The van der Waals surface area contributed by atoms with Gasteiger partial charge in [0.25, 0.3) is 0 Å². The van der Waals surface area contributed by atoms with Crippen LogP contribution in [0, 0.1) is 5.41 Å². The highest BCUT2D eigenvalue weighted by Gasteiger charge is 2.28. The number of amidine groups is 1. The van der Waals surface area contributed by atoms with Gasteiger partial charge in [0.1, 0.15) is 5.84 Å². The molecule has 11 nitrogen and oxygen atoms in total. The van der Waals surface area contributed by atoms with Gasteiger partial charge < -0.3 is 35.4 Å². The first kappa shape index (κ1) is 22.9. The Labute approximate surface area is 195 Å². The molecule has 0 radical (unpaired) electrons. The number of piperazine rings is 1. The second-order valence-corrected chi connectivity index (χ2v) is 8.03. The lowest BCUT2D eigenvalue weighted by Crippen LogP contribution is -2.53. The highest BCUT2D eigenvalue weighted by atomic mass is 16.7. The molecule has 1 unspecified atom stereocenters. The van der Waals surface area contributed by atoms with E-state index in [-0.39, 0.29) is 38.0 Å². The van der Waals surface area contributed by atoms with Gasteiger partial charge in [-0.1, -0.05) is 6.07 Å². The molecule has 2 amide bonds. The molecule has 0 aromatic heterocycles. The van der Waals surface area contributed by atoms with Crippen molar-refractivity contribution in [2.24, 2.45) is 5.73 Å². The number of nitrogens with one attached hydrogen (secondary N) is 2. The summed E-state index contributed by atoms with van der Waals surface area (Å²) in [5.74, 6) is -0.705. The van der Waals surface area contributed by atoms with Gasteiger partial charge in [0.2, 0.25) is 18.6 Å². The van der Waals surface area contributed by atoms with Crippen LogP contribution in [0.15, 0.2) is 42.5 Å². The van der Waals surface area contributed by atoms with Crippen LogP contribution in [0.4, 0.5) is 5.69 Å². The SMILES string of the molecule is N=C(N)c1ccc(N2CCN(CC(=O)NC(CC(=O)O)c3ccc4c(c3)OCO4)C(=O)C2)cc1. The number of nitrogens with zero attached hydrogens (tertiary/aromatic N) is 2. The first-order valence-corrected chi connectivity index (χ1v) is 10.7. The highest BCUT2D eigenvalue weighted by Crippen LogP contribution is 2.34. The summed E-state index contributed by atoms with van der Waals surface area (Å²) in [4.78, 5) is 40.1. The van der Waals surface area contributed by atoms with Crippen molar-refractivity contribution in [1.82, 2.24) is 10.2 Å². The number of hydrogen-bond donors (Lipinski definition) is 4. The Bertz CT molecular complexity index is 1120. The van der Waals surface area contributed by atoms with Gasteiger partial charge in [-0.05, 0) is 42.0 Å². The van der Waals surface area contributed by atoms with Gasteiger partial charge in [-0.3, -0.25) is 19.8 Å². The number of ether oxygens (including phenoxy) is 2. The van der Waals surface area contributed by atoms with Crippen molar-refractivity contribution in [3.63, 3.8) is 0 Å². The Morgan fingerprint density at radius 2 is 1.85 bits per heavy atom. The zero-order valence-corrected chi connectivity index (χ0v) is 18.3. The van der Waals surface area contributed by atoms with Crippen LogP contribution in [0.5, 0.6) is 11.5 Å². The maximum atomic E-state index is 12.7. The van der Waals surface area contributed by atoms with Gasteiger partial charge in [-0.15, -0.1) is 0 Å². The normalized spacial score (nSPS) is 15.7.